The molecule has 4 rings (SSSR count). The number of aryl methyl sites for hydroxylation is 1. The SMILES string of the molecule is COc1cc(N=Nc2ccc(O)cc2)c(C)cc1N=Nc1c(S(=O)(=O)O)cc2cc(NC(C)=O)ccc2c1O. The lowest BCUT2D eigenvalue weighted by molar-refractivity contribution is -0.114. The van der Waals surface area contributed by atoms with E-state index >= 15 is 0 Å². The molecular formula is C26H23N5O7S. The smallest absolute Gasteiger partial charge is 0.296 e. The van der Waals surface area contributed by atoms with Gasteiger partial charge in [0.15, 0.2) is 5.75 Å². The summed E-state index contributed by atoms with van der Waals surface area (Å²) in [7, 11) is -3.43. The van der Waals surface area contributed by atoms with Gasteiger partial charge in [0.25, 0.3) is 10.1 Å². The third kappa shape index (κ3) is 6.17. The first kappa shape index (κ1) is 27.2. The van der Waals surface area contributed by atoms with Crippen LogP contribution in [0.1, 0.15) is 12.5 Å². The fourth-order valence-electron chi connectivity index (χ4n) is 3.67. The Hall–Kier alpha value is -4.88. The Balaban J connectivity index is 1.76. The molecule has 200 valence electrons. The molecule has 12 nitrogen and oxygen atoms in total. The number of methoxy groups -OCH3 is 1. The number of amides is 1. The van der Waals surface area contributed by atoms with Crippen molar-refractivity contribution < 1.29 is 32.7 Å². The topological polar surface area (TPSA) is 183 Å². The fourth-order valence-corrected chi connectivity index (χ4v) is 4.33. The third-order valence-corrected chi connectivity index (χ3v) is 6.39. The second-order valence-electron chi connectivity index (χ2n) is 8.39. The van der Waals surface area contributed by atoms with E-state index in [1.165, 1.54) is 44.4 Å². The van der Waals surface area contributed by atoms with Crippen LogP contribution in [0.3, 0.4) is 0 Å². The molecule has 0 bridgehead atoms. The largest absolute Gasteiger partial charge is 0.508 e. The number of rotatable bonds is 7. The number of aromatic hydroxyl groups is 2. The van der Waals surface area contributed by atoms with E-state index in [9.17, 15) is 28.0 Å². The molecule has 0 aliphatic rings. The highest BCUT2D eigenvalue weighted by Gasteiger charge is 2.22. The van der Waals surface area contributed by atoms with E-state index < -0.39 is 26.5 Å². The van der Waals surface area contributed by atoms with Gasteiger partial charge in [0.2, 0.25) is 5.91 Å². The molecule has 0 aliphatic carbocycles. The van der Waals surface area contributed by atoms with Crippen LogP contribution in [0.4, 0.5) is 28.4 Å². The molecule has 4 aromatic carbocycles. The van der Waals surface area contributed by atoms with Crippen LogP contribution < -0.4 is 10.1 Å². The highest BCUT2D eigenvalue weighted by molar-refractivity contribution is 7.86. The molecule has 0 spiro atoms. The zero-order valence-corrected chi connectivity index (χ0v) is 21.8. The van der Waals surface area contributed by atoms with Gasteiger partial charge in [-0.25, -0.2) is 0 Å². The summed E-state index contributed by atoms with van der Waals surface area (Å²) in [5.74, 6) is -0.534. The number of nitrogens with zero attached hydrogens (tertiary/aromatic N) is 4. The number of carbonyl (C=O) groups is 1. The van der Waals surface area contributed by atoms with Gasteiger partial charge < -0.3 is 20.3 Å². The Labute approximate surface area is 223 Å². The van der Waals surface area contributed by atoms with Gasteiger partial charge in [-0.05, 0) is 72.5 Å². The second-order valence-corrected chi connectivity index (χ2v) is 9.78. The lowest BCUT2D eigenvalue weighted by Gasteiger charge is -2.11. The van der Waals surface area contributed by atoms with Gasteiger partial charge in [-0.2, -0.15) is 18.6 Å². The average Bonchev–Trinajstić information content (AvgIpc) is 2.87. The Kier molecular flexibility index (Phi) is 7.56. The van der Waals surface area contributed by atoms with E-state index in [4.69, 9.17) is 4.74 Å². The van der Waals surface area contributed by atoms with E-state index in [1.807, 2.05) is 0 Å². The van der Waals surface area contributed by atoms with Crippen LogP contribution in [-0.4, -0.2) is 36.2 Å². The van der Waals surface area contributed by atoms with Gasteiger partial charge in [-0.15, -0.1) is 10.2 Å². The lowest BCUT2D eigenvalue weighted by atomic mass is 10.1. The number of benzene rings is 4. The highest BCUT2D eigenvalue weighted by atomic mass is 32.2. The number of phenols is 2. The quantitative estimate of drug-likeness (QED) is 0.148. The van der Waals surface area contributed by atoms with Crippen molar-refractivity contribution in [2.45, 2.75) is 18.7 Å². The number of azo groups is 2. The number of phenolic OH excluding ortho intramolecular Hbond substituents is 2. The van der Waals surface area contributed by atoms with Crippen LogP contribution in [0.15, 0.2) is 86.0 Å². The van der Waals surface area contributed by atoms with Gasteiger partial charge >= 0.3 is 0 Å². The number of carbonyl (C=O) groups excluding carboxylic acids is 1. The number of hydrogen-bond donors (Lipinski definition) is 4. The molecule has 0 unspecified atom stereocenters. The Morgan fingerprint density at radius 1 is 0.897 bits per heavy atom. The minimum atomic E-state index is -4.83. The number of anilines is 1. The predicted octanol–water partition coefficient (Wildman–Crippen LogP) is 6.60. The van der Waals surface area contributed by atoms with Gasteiger partial charge in [-0.3, -0.25) is 9.35 Å². The van der Waals surface area contributed by atoms with E-state index in [1.54, 1.807) is 31.2 Å². The van der Waals surface area contributed by atoms with Gasteiger partial charge in [-0.1, -0.05) is 0 Å². The average molecular weight is 550 g/mol. The number of nitrogens with one attached hydrogen (secondary N) is 1. The standard InChI is InChI=1S/C26H23N5O7S/c1-14-10-22(23(38-3)13-21(14)29-28-17-4-7-19(33)8-5-17)30-31-25-24(39(35,36)37)12-16-11-18(27-15(2)32)6-9-20(16)26(25)34/h4-13,33-34H,1-3H3,(H,27,32)(H,35,36,37). The molecule has 0 saturated carbocycles. The summed E-state index contributed by atoms with van der Waals surface area (Å²) in [6.45, 7) is 3.06. The van der Waals surface area contributed by atoms with Crippen molar-refractivity contribution in [3.63, 3.8) is 0 Å². The van der Waals surface area contributed by atoms with Crippen molar-refractivity contribution in [2.24, 2.45) is 20.5 Å². The van der Waals surface area contributed by atoms with Crippen molar-refractivity contribution in [1.82, 2.24) is 0 Å². The molecule has 0 aliphatic heterocycles. The molecule has 13 heteroatoms. The van der Waals surface area contributed by atoms with Gasteiger partial charge in [0.05, 0.1) is 18.5 Å². The molecule has 39 heavy (non-hydrogen) atoms. The first-order valence-electron chi connectivity index (χ1n) is 11.3. The van der Waals surface area contributed by atoms with Crippen molar-refractivity contribution in [3.8, 4) is 17.2 Å². The van der Waals surface area contributed by atoms with Crippen molar-refractivity contribution in [1.29, 1.82) is 0 Å². The van der Waals surface area contributed by atoms with Crippen molar-refractivity contribution in [2.75, 3.05) is 12.4 Å². The highest BCUT2D eigenvalue weighted by Crippen LogP contribution is 2.43. The van der Waals surface area contributed by atoms with E-state index in [0.29, 0.717) is 22.6 Å². The normalized spacial score (nSPS) is 11.9. The van der Waals surface area contributed by atoms with Gasteiger partial charge in [0.1, 0.15) is 27.8 Å². The number of fused-ring (bicyclic) bond motifs is 1. The third-order valence-electron chi connectivity index (χ3n) is 5.53. The molecule has 0 saturated heterocycles. The summed E-state index contributed by atoms with van der Waals surface area (Å²) in [5, 5.41) is 39.7. The molecule has 0 aromatic heterocycles. The first-order chi connectivity index (χ1) is 18.5. The number of hydrogen-bond acceptors (Lipinski definition) is 10. The Bertz CT molecular complexity index is 1750. The van der Waals surface area contributed by atoms with Crippen LogP contribution in [0.25, 0.3) is 10.8 Å². The molecule has 4 aromatic rings. The van der Waals surface area contributed by atoms with Crippen LogP contribution >= 0.6 is 0 Å². The van der Waals surface area contributed by atoms with Gasteiger partial charge in [0, 0.05) is 24.1 Å². The molecule has 4 N–H and O–H groups in total. The molecule has 0 fully saturated rings. The van der Waals surface area contributed by atoms with Crippen LogP contribution in [0.2, 0.25) is 0 Å². The van der Waals surface area contributed by atoms with E-state index in [0.717, 1.165) is 6.07 Å². The van der Waals surface area contributed by atoms with Crippen molar-refractivity contribution in [3.05, 3.63) is 66.2 Å². The minimum Gasteiger partial charge on any atom is -0.508 e. The maximum atomic E-state index is 12.2. The van der Waals surface area contributed by atoms with E-state index in [2.05, 4.69) is 25.8 Å². The predicted molar refractivity (Wildman–Crippen MR) is 144 cm³/mol. The molecule has 0 heterocycles. The van der Waals surface area contributed by atoms with Crippen LogP contribution in [0.5, 0.6) is 17.2 Å². The molecule has 1 amide bonds. The summed E-state index contributed by atoms with van der Waals surface area (Å²) >= 11 is 0. The van der Waals surface area contributed by atoms with Crippen LogP contribution in [0, 0.1) is 6.92 Å². The zero-order valence-electron chi connectivity index (χ0n) is 20.9. The Morgan fingerprint density at radius 3 is 2.23 bits per heavy atom. The van der Waals surface area contributed by atoms with E-state index in [-0.39, 0.29) is 33.9 Å². The molecule has 0 radical (unpaired) electrons. The summed E-state index contributed by atoms with van der Waals surface area (Å²) in [5.41, 5.74) is 1.70. The van der Waals surface area contributed by atoms with Crippen molar-refractivity contribution >= 4 is 55.2 Å². The zero-order chi connectivity index (χ0) is 28.3. The molecular weight excluding hydrogens is 526 g/mol. The monoisotopic (exact) mass is 549 g/mol. The number of ether oxygens (including phenoxy) is 1. The summed E-state index contributed by atoms with van der Waals surface area (Å²) in [4.78, 5) is 10.7. The first-order valence-corrected chi connectivity index (χ1v) is 12.8. The summed E-state index contributed by atoms with van der Waals surface area (Å²) in [6.07, 6.45) is 0. The summed E-state index contributed by atoms with van der Waals surface area (Å²) < 4.78 is 39.6. The fraction of sp³-hybridized carbons (Fsp3) is 0.115. The second kappa shape index (κ2) is 10.8. The summed E-state index contributed by atoms with van der Waals surface area (Å²) in [6, 6.07) is 14.9. The Morgan fingerprint density at radius 2 is 1.59 bits per heavy atom. The van der Waals surface area contributed by atoms with Crippen LogP contribution in [-0.2, 0) is 14.9 Å². The molecule has 0 atom stereocenters. The maximum Gasteiger partial charge on any atom is 0.296 e. The maximum absolute atomic E-state index is 12.2. The lowest BCUT2D eigenvalue weighted by Crippen LogP contribution is -2.05. The minimum absolute atomic E-state index is 0.103.